The molecule has 4 nitrogen and oxygen atoms in total. The second kappa shape index (κ2) is 4.69. The Kier molecular flexibility index (Phi) is 3.28. The summed E-state index contributed by atoms with van der Waals surface area (Å²) < 4.78 is 13.3. The van der Waals surface area contributed by atoms with Crippen molar-refractivity contribution in [3.8, 4) is 0 Å². The zero-order valence-electron chi connectivity index (χ0n) is 8.48. The Labute approximate surface area is 96.4 Å². The summed E-state index contributed by atoms with van der Waals surface area (Å²) in [5.41, 5.74) is -0.183. The fraction of sp³-hybridized carbons (Fsp3) is 0.400. The fourth-order valence-corrected chi connectivity index (χ4v) is 2.84. The van der Waals surface area contributed by atoms with Gasteiger partial charge in [0.05, 0.1) is 4.92 Å². The molecule has 1 aromatic rings. The van der Waals surface area contributed by atoms with Gasteiger partial charge in [-0.2, -0.15) is 16.2 Å². The van der Waals surface area contributed by atoms with Gasteiger partial charge in [0.25, 0.3) is 0 Å². The smallest absolute Gasteiger partial charge is 0.327 e. The van der Waals surface area contributed by atoms with Gasteiger partial charge in [-0.1, -0.05) is 6.07 Å². The minimum atomic E-state index is -0.791. The number of hydrogen-bond donors (Lipinski definition) is 1. The molecule has 0 spiro atoms. The molecule has 0 saturated carbocycles. The van der Waals surface area contributed by atoms with Gasteiger partial charge in [-0.05, 0) is 24.3 Å². The van der Waals surface area contributed by atoms with E-state index in [4.69, 9.17) is 0 Å². The number of nitro groups is 1. The summed E-state index contributed by atoms with van der Waals surface area (Å²) in [6, 6.07) is 4.33. The predicted octanol–water partition coefficient (Wildman–Crippen LogP) is 2.65. The van der Waals surface area contributed by atoms with Gasteiger partial charge in [0, 0.05) is 11.8 Å². The lowest BCUT2D eigenvalue weighted by Crippen LogP contribution is -2.19. The third-order valence-corrected chi connectivity index (χ3v) is 3.62. The number of nitrogens with one attached hydrogen (secondary N) is 1. The van der Waals surface area contributed by atoms with Crippen LogP contribution in [0.2, 0.25) is 0 Å². The van der Waals surface area contributed by atoms with Crippen LogP contribution in [0.4, 0.5) is 15.8 Å². The average Bonchev–Trinajstić information content (AvgIpc) is 2.70. The third-order valence-electron chi connectivity index (χ3n) is 2.46. The van der Waals surface area contributed by atoms with E-state index in [0.29, 0.717) is 0 Å². The number of anilines is 1. The van der Waals surface area contributed by atoms with Gasteiger partial charge in [-0.3, -0.25) is 10.1 Å². The summed E-state index contributed by atoms with van der Waals surface area (Å²) in [5.74, 6) is 1.16. The van der Waals surface area contributed by atoms with Crippen LogP contribution in [0, 0.1) is 15.9 Å². The fourth-order valence-electron chi connectivity index (χ4n) is 1.69. The number of benzene rings is 1. The molecule has 0 radical (unpaired) electrons. The Morgan fingerprint density at radius 3 is 3.00 bits per heavy atom. The lowest BCUT2D eigenvalue weighted by Gasteiger charge is -2.12. The minimum Gasteiger partial charge on any atom is -0.376 e. The lowest BCUT2D eigenvalue weighted by molar-refractivity contribution is -0.386. The topological polar surface area (TPSA) is 55.2 Å². The Morgan fingerprint density at radius 1 is 1.56 bits per heavy atom. The van der Waals surface area contributed by atoms with Gasteiger partial charge in [-0.15, -0.1) is 0 Å². The number of thioether (sulfide) groups is 1. The molecule has 86 valence electrons. The quantitative estimate of drug-likeness (QED) is 0.654. The molecule has 1 aliphatic heterocycles. The number of nitrogens with zero attached hydrogens (tertiary/aromatic N) is 1. The van der Waals surface area contributed by atoms with Gasteiger partial charge in [0.1, 0.15) is 5.69 Å². The first-order valence-electron chi connectivity index (χ1n) is 4.95. The van der Waals surface area contributed by atoms with Gasteiger partial charge in [0.2, 0.25) is 5.82 Å². The van der Waals surface area contributed by atoms with Crippen LogP contribution in [0.5, 0.6) is 0 Å². The van der Waals surface area contributed by atoms with Crippen LogP contribution in [0.3, 0.4) is 0 Å². The zero-order chi connectivity index (χ0) is 11.5. The maximum absolute atomic E-state index is 13.3. The van der Waals surface area contributed by atoms with E-state index in [0.717, 1.165) is 24.0 Å². The minimum absolute atomic E-state index is 0.200. The highest BCUT2D eigenvalue weighted by atomic mass is 32.2. The first kappa shape index (κ1) is 11.2. The molecule has 6 heteroatoms. The standard InChI is InChI=1S/C10H11FN2O2S/c11-8-2-1-3-9(10(8)13(14)15)12-7-4-5-16-6-7/h1-3,7,12H,4-6H2. The molecule has 0 amide bonds. The monoisotopic (exact) mass is 242 g/mol. The van der Waals surface area contributed by atoms with Gasteiger partial charge in [-0.25, -0.2) is 0 Å². The number of para-hydroxylation sites is 1. The predicted molar refractivity (Wildman–Crippen MR) is 62.4 cm³/mol. The van der Waals surface area contributed by atoms with Crippen molar-refractivity contribution in [3.05, 3.63) is 34.1 Å². The molecule has 1 saturated heterocycles. The average molecular weight is 242 g/mol. The first-order chi connectivity index (χ1) is 7.68. The molecule has 1 heterocycles. The van der Waals surface area contributed by atoms with Crippen molar-refractivity contribution in [3.63, 3.8) is 0 Å². The van der Waals surface area contributed by atoms with E-state index in [1.54, 1.807) is 17.8 Å². The second-order valence-corrected chi connectivity index (χ2v) is 4.75. The SMILES string of the molecule is O=[N+]([O-])c1c(F)cccc1NC1CCSC1. The summed E-state index contributed by atoms with van der Waals surface area (Å²) in [5, 5.41) is 13.8. The van der Waals surface area contributed by atoms with Crippen LogP contribution in [0.1, 0.15) is 6.42 Å². The van der Waals surface area contributed by atoms with E-state index in [9.17, 15) is 14.5 Å². The van der Waals surface area contributed by atoms with Crippen molar-refractivity contribution < 1.29 is 9.31 Å². The maximum atomic E-state index is 13.3. The summed E-state index contributed by atoms with van der Waals surface area (Å²) in [7, 11) is 0. The van der Waals surface area contributed by atoms with Crippen molar-refractivity contribution >= 4 is 23.1 Å². The first-order valence-corrected chi connectivity index (χ1v) is 6.11. The molecule has 1 N–H and O–H groups in total. The maximum Gasteiger partial charge on any atom is 0.327 e. The van der Waals surface area contributed by atoms with Crippen molar-refractivity contribution in [1.29, 1.82) is 0 Å². The zero-order valence-corrected chi connectivity index (χ0v) is 9.30. The van der Waals surface area contributed by atoms with Crippen LogP contribution in [-0.2, 0) is 0 Å². The molecule has 0 aliphatic carbocycles. The molecule has 1 atom stereocenters. The Bertz CT molecular complexity index is 408. The summed E-state index contributed by atoms with van der Waals surface area (Å²) in [6.07, 6.45) is 0.957. The molecular weight excluding hydrogens is 231 g/mol. The summed E-state index contributed by atoms with van der Waals surface area (Å²) in [4.78, 5) is 10.1. The molecule has 16 heavy (non-hydrogen) atoms. The van der Waals surface area contributed by atoms with E-state index >= 15 is 0 Å². The van der Waals surface area contributed by atoms with Crippen molar-refractivity contribution in [2.24, 2.45) is 0 Å². The van der Waals surface area contributed by atoms with Crippen LogP contribution in [-0.4, -0.2) is 22.5 Å². The Hall–Kier alpha value is -1.30. The second-order valence-electron chi connectivity index (χ2n) is 3.60. The van der Waals surface area contributed by atoms with Crippen LogP contribution in [0.15, 0.2) is 18.2 Å². The Morgan fingerprint density at radius 2 is 2.38 bits per heavy atom. The summed E-state index contributed by atoms with van der Waals surface area (Å²) >= 11 is 1.79. The van der Waals surface area contributed by atoms with Crippen LogP contribution < -0.4 is 5.32 Å². The van der Waals surface area contributed by atoms with E-state index in [1.807, 2.05) is 0 Å². The molecule has 2 rings (SSSR count). The number of halogens is 1. The number of nitro benzene ring substituents is 1. The van der Waals surface area contributed by atoms with Gasteiger partial charge in [0.15, 0.2) is 0 Å². The highest BCUT2D eigenvalue weighted by Crippen LogP contribution is 2.30. The summed E-state index contributed by atoms with van der Waals surface area (Å²) in [6.45, 7) is 0. The third kappa shape index (κ3) is 2.27. The van der Waals surface area contributed by atoms with Crippen LogP contribution >= 0.6 is 11.8 Å². The van der Waals surface area contributed by atoms with Crippen molar-refractivity contribution in [2.75, 3.05) is 16.8 Å². The van der Waals surface area contributed by atoms with E-state index in [-0.39, 0.29) is 11.7 Å². The molecule has 1 unspecified atom stereocenters. The van der Waals surface area contributed by atoms with E-state index in [2.05, 4.69) is 5.32 Å². The molecular formula is C10H11FN2O2S. The molecule has 0 aromatic heterocycles. The number of hydrogen-bond acceptors (Lipinski definition) is 4. The molecule has 1 aromatic carbocycles. The number of rotatable bonds is 3. The highest BCUT2D eigenvalue weighted by molar-refractivity contribution is 7.99. The van der Waals surface area contributed by atoms with E-state index < -0.39 is 16.4 Å². The van der Waals surface area contributed by atoms with Crippen LogP contribution in [0.25, 0.3) is 0 Å². The molecule has 0 bridgehead atoms. The van der Waals surface area contributed by atoms with Crippen molar-refractivity contribution in [1.82, 2.24) is 0 Å². The van der Waals surface area contributed by atoms with Gasteiger partial charge < -0.3 is 5.32 Å². The lowest BCUT2D eigenvalue weighted by atomic mass is 10.2. The largest absolute Gasteiger partial charge is 0.376 e. The molecule has 1 fully saturated rings. The molecule has 1 aliphatic rings. The highest BCUT2D eigenvalue weighted by Gasteiger charge is 2.23. The van der Waals surface area contributed by atoms with Gasteiger partial charge >= 0.3 is 5.69 Å². The van der Waals surface area contributed by atoms with E-state index in [1.165, 1.54) is 6.07 Å². The Balaban J connectivity index is 2.25. The van der Waals surface area contributed by atoms with Crippen molar-refractivity contribution in [2.45, 2.75) is 12.5 Å². The normalized spacial score (nSPS) is 19.7.